The highest BCUT2D eigenvalue weighted by Crippen LogP contribution is 2.26. The van der Waals surface area contributed by atoms with E-state index in [1.165, 1.54) is 18.2 Å². The molecular formula is C14H10Br2FNO3. The lowest BCUT2D eigenvalue weighted by Crippen LogP contribution is -2.02. The Morgan fingerprint density at radius 1 is 1.24 bits per heavy atom. The maximum absolute atomic E-state index is 13.8. The van der Waals surface area contributed by atoms with Gasteiger partial charge < -0.3 is 4.74 Å². The summed E-state index contributed by atoms with van der Waals surface area (Å²) in [7, 11) is 0. The number of alkyl halides is 1. The molecule has 2 rings (SSSR count). The molecule has 0 unspecified atom stereocenters. The molecule has 110 valence electrons. The van der Waals surface area contributed by atoms with Gasteiger partial charge in [-0.25, -0.2) is 4.39 Å². The Morgan fingerprint density at radius 3 is 2.62 bits per heavy atom. The van der Waals surface area contributed by atoms with Crippen LogP contribution in [0.1, 0.15) is 11.1 Å². The number of nitro benzene ring substituents is 1. The van der Waals surface area contributed by atoms with Crippen molar-refractivity contribution in [3.05, 3.63) is 67.9 Å². The largest absolute Gasteiger partial charge is 0.486 e. The molecule has 0 radical (unpaired) electrons. The molecule has 0 fully saturated rings. The molecular weight excluding hydrogens is 409 g/mol. The van der Waals surface area contributed by atoms with Gasteiger partial charge in [0.25, 0.3) is 5.69 Å². The maximum Gasteiger partial charge on any atom is 0.277 e. The van der Waals surface area contributed by atoms with Gasteiger partial charge in [0, 0.05) is 15.9 Å². The van der Waals surface area contributed by atoms with Crippen molar-refractivity contribution in [2.45, 2.75) is 11.9 Å². The van der Waals surface area contributed by atoms with Gasteiger partial charge in [-0.1, -0.05) is 37.9 Å². The summed E-state index contributed by atoms with van der Waals surface area (Å²) in [6, 6.07) is 9.24. The van der Waals surface area contributed by atoms with Crippen LogP contribution in [0.3, 0.4) is 0 Å². The molecule has 21 heavy (non-hydrogen) atoms. The van der Waals surface area contributed by atoms with E-state index in [2.05, 4.69) is 31.9 Å². The highest BCUT2D eigenvalue weighted by atomic mass is 79.9. The number of rotatable bonds is 5. The minimum absolute atomic E-state index is 0.0666. The van der Waals surface area contributed by atoms with Gasteiger partial charge in [-0.15, -0.1) is 0 Å². The molecule has 0 spiro atoms. The smallest absolute Gasteiger partial charge is 0.277 e. The van der Waals surface area contributed by atoms with Crippen molar-refractivity contribution in [1.29, 1.82) is 0 Å². The fraction of sp³-hybridized carbons (Fsp3) is 0.143. The zero-order chi connectivity index (χ0) is 15.4. The summed E-state index contributed by atoms with van der Waals surface area (Å²) >= 11 is 6.42. The molecule has 2 aromatic rings. The molecule has 0 aliphatic heterocycles. The maximum atomic E-state index is 13.8. The van der Waals surface area contributed by atoms with Crippen LogP contribution in [0.25, 0.3) is 0 Å². The third-order valence-corrected chi connectivity index (χ3v) is 3.92. The summed E-state index contributed by atoms with van der Waals surface area (Å²) in [5.74, 6) is -0.427. The second-order valence-corrected chi connectivity index (χ2v) is 5.69. The minimum Gasteiger partial charge on any atom is -0.486 e. The van der Waals surface area contributed by atoms with Crippen molar-refractivity contribution in [3.8, 4) is 5.75 Å². The zero-order valence-electron chi connectivity index (χ0n) is 10.7. The van der Waals surface area contributed by atoms with Crippen LogP contribution < -0.4 is 4.74 Å². The molecule has 0 aliphatic rings. The van der Waals surface area contributed by atoms with Gasteiger partial charge in [0.05, 0.1) is 10.5 Å². The first kappa shape index (κ1) is 15.9. The SMILES string of the molecule is O=[N+]([O-])c1cc(Br)ccc1COc1ccc(CBr)cc1F. The molecule has 4 nitrogen and oxygen atoms in total. The molecule has 0 N–H and O–H groups in total. The number of benzene rings is 2. The van der Waals surface area contributed by atoms with Gasteiger partial charge >= 0.3 is 0 Å². The van der Waals surface area contributed by atoms with E-state index < -0.39 is 10.7 Å². The monoisotopic (exact) mass is 417 g/mol. The fourth-order valence-corrected chi connectivity index (χ4v) is 2.43. The Labute approximate surface area is 137 Å². The van der Waals surface area contributed by atoms with Gasteiger partial charge in [-0.3, -0.25) is 10.1 Å². The second-order valence-electron chi connectivity index (χ2n) is 4.22. The molecule has 0 saturated carbocycles. The summed E-state index contributed by atoms with van der Waals surface area (Å²) in [5, 5.41) is 11.5. The first-order valence-electron chi connectivity index (χ1n) is 5.91. The number of hydrogen-bond donors (Lipinski definition) is 0. The average Bonchev–Trinajstić information content (AvgIpc) is 2.46. The second kappa shape index (κ2) is 7.00. The van der Waals surface area contributed by atoms with Crippen LogP contribution in [0.4, 0.5) is 10.1 Å². The van der Waals surface area contributed by atoms with E-state index in [0.717, 1.165) is 5.56 Å². The highest BCUT2D eigenvalue weighted by molar-refractivity contribution is 9.10. The summed E-state index contributed by atoms with van der Waals surface area (Å²) < 4.78 is 19.7. The van der Waals surface area contributed by atoms with E-state index in [4.69, 9.17) is 4.74 Å². The van der Waals surface area contributed by atoms with Gasteiger partial charge in [0.2, 0.25) is 0 Å². The molecule has 0 heterocycles. The van der Waals surface area contributed by atoms with Crippen LogP contribution in [0.2, 0.25) is 0 Å². The van der Waals surface area contributed by atoms with Crippen LogP contribution in [-0.4, -0.2) is 4.92 Å². The standard InChI is InChI=1S/C14H10Br2FNO3/c15-7-9-1-4-14(12(17)5-9)21-8-10-2-3-11(16)6-13(10)18(19)20/h1-6H,7-8H2. The van der Waals surface area contributed by atoms with E-state index in [9.17, 15) is 14.5 Å². The third-order valence-electron chi connectivity index (χ3n) is 2.78. The minimum atomic E-state index is -0.494. The first-order chi connectivity index (χ1) is 10.0. The van der Waals surface area contributed by atoms with Gasteiger partial charge in [-0.05, 0) is 29.8 Å². The number of hydrogen-bond acceptors (Lipinski definition) is 3. The topological polar surface area (TPSA) is 52.4 Å². The zero-order valence-corrected chi connectivity index (χ0v) is 13.9. The van der Waals surface area contributed by atoms with E-state index >= 15 is 0 Å². The molecule has 0 saturated heterocycles. The third kappa shape index (κ3) is 4.01. The van der Waals surface area contributed by atoms with Gasteiger partial charge in [0.15, 0.2) is 11.6 Å². The van der Waals surface area contributed by atoms with Crippen LogP contribution in [0, 0.1) is 15.9 Å². The molecule has 7 heteroatoms. The van der Waals surface area contributed by atoms with E-state index in [0.29, 0.717) is 15.4 Å². The van der Waals surface area contributed by atoms with Crippen molar-refractivity contribution < 1.29 is 14.1 Å². The van der Waals surface area contributed by atoms with Crippen LogP contribution in [0.15, 0.2) is 40.9 Å². The van der Waals surface area contributed by atoms with Crippen LogP contribution in [0.5, 0.6) is 5.75 Å². The first-order valence-corrected chi connectivity index (χ1v) is 7.82. The molecule has 0 bridgehead atoms. The lowest BCUT2D eigenvalue weighted by atomic mass is 10.2. The number of nitro groups is 1. The number of halogens is 3. The van der Waals surface area contributed by atoms with E-state index in [-0.39, 0.29) is 18.0 Å². The lowest BCUT2D eigenvalue weighted by molar-refractivity contribution is -0.385. The van der Waals surface area contributed by atoms with Gasteiger partial charge in [-0.2, -0.15) is 0 Å². The Balaban J connectivity index is 2.18. The normalized spacial score (nSPS) is 10.4. The summed E-state index contributed by atoms with van der Waals surface area (Å²) in [6.45, 7) is -0.0752. The average molecular weight is 419 g/mol. The fourth-order valence-electron chi connectivity index (χ4n) is 1.73. The molecule has 0 amide bonds. The quantitative estimate of drug-likeness (QED) is 0.391. The van der Waals surface area contributed by atoms with Crippen molar-refractivity contribution in [2.75, 3.05) is 0 Å². The summed E-state index contributed by atoms with van der Waals surface area (Å²) in [5.41, 5.74) is 1.10. The molecule has 0 aromatic heterocycles. The molecule has 0 atom stereocenters. The highest BCUT2D eigenvalue weighted by Gasteiger charge is 2.15. The lowest BCUT2D eigenvalue weighted by Gasteiger charge is -2.09. The van der Waals surface area contributed by atoms with Crippen molar-refractivity contribution >= 4 is 37.5 Å². The van der Waals surface area contributed by atoms with Crippen LogP contribution >= 0.6 is 31.9 Å². The van der Waals surface area contributed by atoms with Crippen molar-refractivity contribution in [1.82, 2.24) is 0 Å². The van der Waals surface area contributed by atoms with Crippen LogP contribution in [-0.2, 0) is 11.9 Å². The Morgan fingerprint density at radius 2 is 2.00 bits per heavy atom. The molecule has 0 aliphatic carbocycles. The predicted molar refractivity (Wildman–Crippen MR) is 84.2 cm³/mol. The Kier molecular flexibility index (Phi) is 5.30. The van der Waals surface area contributed by atoms with Gasteiger partial charge in [0.1, 0.15) is 6.61 Å². The van der Waals surface area contributed by atoms with Crippen molar-refractivity contribution in [2.24, 2.45) is 0 Å². The number of nitrogens with zero attached hydrogens (tertiary/aromatic N) is 1. The number of ether oxygens (including phenoxy) is 1. The Bertz CT molecular complexity index is 679. The summed E-state index contributed by atoms with van der Waals surface area (Å²) in [6.07, 6.45) is 0. The van der Waals surface area contributed by atoms with E-state index in [1.807, 2.05) is 0 Å². The van der Waals surface area contributed by atoms with E-state index in [1.54, 1.807) is 18.2 Å². The predicted octanol–water partition coefficient (Wildman–Crippen LogP) is 4.97. The summed E-state index contributed by atoms with van der Waals surface area (Å²) in [4.78, 5) is 10.5. The Hall–Kier alpha value is -1.47. The van der Waals surface area contributed by atoms with Crippen molar-refractivity contribution in [3.63, 3.8) is 0 Å². The molecule has 2 aromatic carbocycles.